The molecule has 0 aliphatic carbocycles. The van der Waals surface area contributed by atoms with Crippen molar-refractivity contribution >= 4 is 7.36 Å². The van der Waals surface area contributed by atoms with Gasteiger partial charge >= 0.3 is 0 Å². The van der Waals surface area contributed by atoms with Gasteiger partial charge in [-0.3, -0.25) is 14.3 Å². The van der Waals surface area contributed by atoms with E-state index in [2.05, 4.69) is 178 Å². The van der Waals surface area contributed by atoms with Crippen molar-refractivity contribution in [3.05, 3.63) is 144 Å². The number of benzene rings is 4. The van der Waals surface area contributed by atoms with Gasteiger partial charge in [0.1, 0.15) is 18.6 Å². The Bertz CT molecular complexity index is 1440. The molecular formula is C36H43N4P. The molecule has 41 heavy (non-hydrogen) atoms. The van der Waals surface area contributed by atoms with Gasteiger partial charge in [0, 0.05) is 6.04 Å². The standard InChI is InChI=1S/C36H43N4P/c1-27(2)34-35(30-19-11-7-12-20-30,31-21-13-8-14-22-31)37-41(39(34)6)29(5)40(28(3)4)36(38-41,32-23-15-9-16-24-32)33-25-17-10-18-26-33/h7-29,34,38H,1-6H3/t29?,34-,41?/m0/s1. The van der Waals surface area contributed by atoms with E-state index < -0.39 is 18.6 Å². The number of nitrogens with one attached hydrogen (secondary N) is 1. The highest BCUT2D eigenvalue weighted by Gasteiger charge is 2.65. The minimum absolute atomic E-state index is 0.170. The molecule has 2 unspecified atom stereocenters. The van der Waals surface area contributed by atoms with E-state index >= 15 is 0 Å². The molecule has 3 atom stereocenters. The zero-order valence-corrected chi connectivity index (χ0v) is 26.0. The topological polar surface area (TPSA) is 30.9 Å². The predicted octanol–water partition coefficient (Wildman–Crippen LogP) is 8.49. The number of nitrogens with zero attached hydrogens (tertiary/aromatic N) is 3. The molecule has 5 heteroatoms. The molecule has 0 bridgehead atoms. The average molecular weight is 563 g/mol. The lowest BCUT2D eigenvalue weighted by molar-refractivity contribution is 0.0901. The SMILES string of the molecule is CC(C)[C@@H]1N(C)P2(=NC1(c1ccccc1)c1ccccc1)NC(c1ccccc1)(c1ccccc1)N(C(C)C)C2C. The molecule has 1 fully saturated rings. The molecule has 4 aromatic carbocycles. The van der Waals surface area contributed by atoms with Gasteiger partial charge in [-0.1, -0.05) is 135 Å². The van der Waals surface area contributed by atoms with Crippen LogP contribution in [0.4, 0.5) is 0 Å². The van der Waals surface area contributed by atoms with Gasteiger partial charge in [0.2, 0.25) is 0 Å². The summed E-state index contributed by atoms with van der Waals surface area (Å²) in [5.41, 5.74) is 4.00. The van der Waals surface area contributed by atoms with E-state index in [4.69, 9.17) is 4.74 Å². The van der Waals surface area contributed by atoms with Crippen LogP contribution in [0.1, 0.15) is 56.9 Å². The normalized spacial score (nSPS) is 25.7. The van der Waals surface area contributed by atoms with Crippen LogP contribution in [0.3, 0.4) is 0 Å². The van der Waals surface area contributed by atoms with Crippen LogP contribution < -0.4 is 5.09 Å². The van der Waals surface area contributed by atoms with Crippen molar-refractivity contribution < 1.29 is 0 Å². The Kier molecular flexibility index (Phi) is 7.32. The van der Waals surface area contributed by atoms with Crippen molar-refractivity contribution in [2.75, 3.05) is 7.05 Å². The van der Waals surface area contributed by atoms with Gasteiger partial charge in [0.25, 0.3) is 0 Å². The largest absolute Gasteiger partial charge is 0.265 e. The third kappa shape index (κ3) is 4.11. The van der Waals surface area contributed by atoms with Crippen LogP contribution in [-0.4, -0.2) is 34.5 Å². The van der Waals surface area contributed by atoms with Crippen LogP contribution in [0.5, 0.6) is 0 Å². The molecule has 0 amide bonds. The molecule has 0 aromatic heterocycles. The molecule has 1 saturated heterocycles. The number of hydrogen-bond acceptors (Lipinski definition) is 4. The summed E-state index contributed by atoms with van der Waals surface area (Å²) in [6.07, 6.45) is 0. The Morgan fingerprint density at radius 3 is 1.41 bits per heavy atom. The molecule has 1 N–H and O–H groups in total. The van der Waals surface area contributed by atoms with Gasteiger partial charge < -0.3 is 0 Å². The number of rotatable bonds is 6. The van der Waals surface area contributed by atoms with E-state index in [9.17, 15) is 0 Å². The maximum Gasteiger partial charge on any atom is 0.130 e. The fraction of sp³-hybridized carbons (Fsp3) is 0.333. The molecule has 2 aliphatic rings. The second-order valence-electron chi connectivity index (χ2n) is 12.2. The summed E-state index contributed by atoms with van der Waals surface area (Å²) in [6.45, 7) is 11.8. The highest BCUT2D eigenvalue weighted by molar-refractivity contribution is 7.63. The predicted molar refractivity (Wildman–Crippen MR) is 173 cm³/mol. The lowest BCUT2D eigenvalue weighted by Crippen LogP contribution is -2.53. The van der Waals surface area contributed by atoms with Gasteiger partial charge in [-0.25, -0.2) is 5.09 Å². The van der Waals surface area contributed by atoms with Crippen LogP contribution in [0.2, 0.25) is 0 Å². The van der Waals surface area contributed by atoms with Gasteiger partial charge in [-0.15, -0.1) is 0 Å². The minimum Gasteiger partial charge on any atom is -0.265 e. The van der Waals surface area contributed by atoms with Crippen LogP contribution in [0.15, 0.2) is 126 Å². The van der Waals surface area contributed by atoms with Gasteiger partial charge in [0.05, 0.1) is 11.8 Å². The van der Waals surface area contributed by atoms with Crippen LogP contribution >= 0.6 is 7.36 Å². The quantitative estimate of drug-likeness (QED) is 0.239. The van der Waals surface area contributed by atoms with Crippen molar-refractivity contribution in [3.63, 3.8) is 0 Å². The van der Waals surface area contributed by atoms with E-state index in [1.165, 1.54) is 22.3 Å². The zero-order chi connectivity index (χ0) is 28.8. The number of hydrogen-bond donors (Lipinski definition) is 1. The first-order chi connectivity index (χ1) is 19.8. The van der Waals surface area contributed by atoms with E-state index in [0.717, 1.165) is 0 Å². The van der Waals surface area contributed by atoms with Crippen LogP contribution in [0.25, 0.3) is 0 Å². The highest BCUT2D eigenvalue weighted by atomic mass is 31.2. The Morgan fingerprint density at radius 2 is 1.05 bits per heavy atom. The third-order valence-corrected chi connectivity index (χ3v) is 13.0. The van der Waals surface area contributed by atoms with Gasteiger partial charge in [0.15, 0.2) is 0 Å². The average Bonchev–Trinajstić information content (AvgIpc) is 3.44. The van der Waals surface area contributed by atoms with Crippen molar-refractivity contribution in [1.29, 1.82) is 0 Å². The molecular weight excluding hydrogens is 519 g/mol. The summed E-state index contributed by atoms with van der Waals surface area (Å²) in [5.74, 6) is 0.539. The third-order valence-electron chi connectivity index (χ3n) is 9.26. The van der Waals surface area contributed by atoms with Gasteiger partial charge in [-0.2, -0.15) is 0 Å². The van der Waals surface area contributed by atoms with Crippen molar-refractivity contribution in [1.82, 2.24) is 14.7 Å². The summed E-state index contributed by atoms with van der Waals surface area (Å²) < 4.78 is 8.89. The van der Waals surface area contributed by atoms with Crippen molar-refractivity contribution in [2.24, 2.45) is 10.7 Å². The fourth-order valence-electron chi connectivity index (χ4n) is 7.82. The first-order valence-corrected chi connectivity index (χ1v) is 16.7. The maximum atomic E-state index is 6.22. The first kappa shape index (κ1) is 28.1. The Balaban J connectivity index is 1.71. The summed E-state index contributed by atoms with van der Waals surface area (Å²) in [4.78, 5) is 2.70. The molecule has 6 rings (SSSR count). The summed E-state index contributed by atoms with van der Waals surface area (Å²) >= 11 is 0. The summed E-state index contributed by atoms with van der Waals surface area (Å²) in [7, 11) is -0.0333. The van der Waals surface area contributed by atoms with E-state index in [1.54, 1.807) is 0 Å². The smallest absolute Gasteiger partial charge is 0.130 e. The van der Waals surface area contributed by atoms with Crippen molar-refractivity contribution in [3.8, 4) is 0 Å². The fourth-order valence-corrected chi connectivity index (χ4v) is 12.3. The molecule has 212 valence electrons. The van der Waals surface area contributed by atoms with E-state index in [-0.39, 0.29) is 17.9 Å². The summed E-state index contributed by atoms with van der Waals surface area (Å²) in [6, 6.07) is 44.5. The maximum absolute atomic E-state index is 6.22. The van der Waals surface area contributed by atoms with E-state index in [1.807, 2.05) is 0 Å². The Hall–Kier alpha value is -3.01. The molecule has 0 radical (unpaired) electrons. The molecule has 1 spiro atoms. The second-order valence-corrected chi connectivity index (χ2v) is 15.3. The monoisotopic (exact) mass is 562 g/mol. The Morgan fingerprint density at radius 1 is 0.659 bits per heavy atom. The second kappa shape index (κ2) is 10.7. The minimum atomic E-state index is -2.37. The molecule has 0 saturated carbocycles. The first-order valence-electron chi connectivity index (χ1n) is 15.0. The lowest BCUT2D eigenvalue weighted by atomic mass is 9.74. The lowest BCUT2D eigenvalue weighted by Gasteiger charge is -2.42. The summed E-state index contributed by atoms with van der Waals surface area (Å²) in [5, 5.41) is 4.42. The highest BCUT2D eigenvalue weighted by Crippen LogP contribution is 2.73. The molecule has 2 heterocycles. The molecule has 2 aliphatic heterocycles. The van der Waals surface area contributed by atoms with Gasteiger partial charge in [-0.05, 0) is 56.0 Å². The van der Waals surface area contributed by atoms with Crippen LogP contribution in [-0.2, 0) is 11.2 Å². The van der Waals surface area contributed by atoms with Crippen molar-refractivity contribution in [2.45, 2.75) is 63.7 Å². The molecule has 4 nitrogen and oxygen atoms in total. The van der Waals surface area contributed by atoms with E-state index in [0.29, 0.717) is 5.92 Å². The zero-order valence-electron chi connectivity index (χ0n) is 25.1. The molecule has 4 aromatic rings. The number of likely N-dealkylation sites (N-methyl/N-ethyl adjacent to an activating group) is 1. The van der Waals surface area contributed by atoms with Crippen LogP contribution in [0, 0.1) is 5.92 Å². The Labute approximate surface area is 246 Å².